The van der Waals surface area contributed by atoms with Gasteiger partial charge in [-0.15, -0.1) is 24.5 Å². The van der Waals surface area contributed by atoms with Crippen LogP contribution in [0.4, 0.5) is 13.2 Å². The molecule has 0 aliphatic heterocycles. The zero-order chi connectivity index (χ0) is 8.48. The Bertz CT molecular complexity index is 240. The molecule has 1 aromatic rings. The van der Waals surface area contributed by atoms with Crippen molar-refractivity contribution in [3.8, 4) is 5.75 Å². The van der Waals surface area contributed by atoms with E-state index in [9.17, 15) is 13.2 Å². The molecule has 0 amide bonds. The normalized spacial score (nSPS) is 11.6. The van der Waals surface area contributed by atoms with Crippen molar-refractivity contribution in [2.24, 2.45) is 0 Å². The molecule has 11 heavy (non-hydrogen) atoms. The van der Waals surface area contributed by atoms with E-state index in [1.807, 2.05) is 0 Å². The van der Waals surface area contributed by atoms with E-state index in [1.54, 1.807) is 12.3 Å². The third-order valence-corrected chi connectivity index (χ3v) is 1.87. The van der Waals surface area contributed by atoms with E-state index in [2.05, 4.69) is 4.74 Å². The molecule has 0 N–H and O–H groups in total. The molecule has 0 fully saturated rings. The topological polar surface area (TPSA) is 9.23 Å². The van der Waals surface area contributed by atoms with Crippen LogP contribution < -0.4 is 4.74 Å². The fourth-order valence-electron chi connectivity index (χ4n) is 0.578. The molecule has 0 aliphatic carbocycles. The maximum atomic E-state index is 11.6. The number of hydrogen-bond donors (Lipinski definition) is 0. The first-order valence-corrected chi connectivity index (χ1v) is 3.72. The van der Waals surface area contributed by atoms with E-state index in [0.717, 1.165) is 0 Å². The van der Waals surface area contributed by atoms with Gasteiger partial charge in [0.25, 0.3) is 0 Å². The number of hydrogen-bond acceptors (Lipinski definition) is 2. The first-order chi connectivity index (χ1) is 4.99. The van der Waals surface area contributed by atoms with E-state index < -0.39 is 6.36 Å². The zero-order valence-electron chi connectivity index (χ0n) is 5.61. The quantitative estimate of drug-likeness (QED) is 0.648. The molecule has 0 aromatic carbocycles. The molecule has 0 bridgehead atoms. The first kappa shape index (κ1) is 8.39. The van der Waals surface area contributed by atoms with Gasteiger partial charge in [0.15, 0.2) is 0 Å². The number of halogens is 3. The van der Waals surface area contributed by atoms with Gasteiger partial charge in [0.05, 0.1) is 0 Å². The summed E-state index contributed by atoms with van der Waals surface area (Å²) >= 11 is 1.18. The van der Waals surface area contributed by atoms with Gasteiger partial charge in [-0.25, -0.2) is 0 Å². The van der Waals surface area contributed by atoms with Gasteiger partial charge in [-0.2, -0.15) is 0 Å². The Balaban J connectivity index is 2.72. The van der Waals surface area contributed by atoms with Crippen molar-refractivity contribution >= 4 is 11.3 Å². The predicted octanol–water partition coefficient (Wildman–Crippen LogP) is 2.96. The molecule has 0 saturated carbocycles. The first-order valence-electron chi connectivity index (χ1n) is 2.77. The second-order valence-electron chi connectivity index (χ2n) is 1.97. The highest BCUT2D eigenvalue weighted by molar-refractivity contribution is 7.08. The fourth-order valence-corrected chi connectivity index (χ4v) is 1.32. The molecule has 62 valence electrons. The van der Waals surface area contributed by atoms with Gasteiger partial charge >= 0.3 is 6.36 Å². The van der Waals surface area contributed by atoms with Crippen LogP contribution in [0.1, 0.15) is 5.56 Å². The Morgan fingerprint density at radius 1 is 1.36 bits per heavy atom. The smallest absolute Gasteiger partial charge is 0.405 e. The second-order valence-corrected chi connectivity index (χ2v) is 2.71. The summed E-state index contributed by atoms with van der Waals surface area (Å²) in [6.07, 6.45) is -4.58. The lowest BCUT2D eigenvalue weighted by Crippen LogP contribution is -2.17. The number of thiophene rings is 1. The predicted molar refractivity (Wildman–Crippen MR) is 35.7 cm³/mol. The molecule has 5 heteroatoms. The molecule has 0 radical (unpaired) electrons. The monoisotopic (exact) mass is 182 g/mol. The Kier molecular flexibility index (Phi) is 2.08. The van der Waals surface area contributed by atoms with E-state index in [0.29, 0.717) is 5.56 Å². The van der Waals surface area contributed by atoms with Gasteiger partial charge in [0.2, 0.25) is 0 Å². The zero-order valence-corrected chi connectivity index (χ0v) is 6.42. The lowest BCUT2D eigenvalue weighted by atomic mass is 10.4. The molecule has 0 saturated heterocycles. The van der Waals surface area contributed by atoms with Crippen LogP contribution in [-0.2, 0) is 0 Å². The van der Waals surface area contributed by atoms with E-state index in [1.165, 1.54) is 16.7 Å². The number of aryl methyl sites for hydroxylation is 1. The molecule has 0 aliphatic rings. The Morgan fingerprint density at radius 2 is 2.00 bits per heavy atom. The average Bonchev–Trinajstić information content (AvgIpc) is 2.12. The highest BCUT2D eigenvalue weighted by Gasteiger charge is 2.31. The Labute approximate surface area is 65.4 Å². The summed E-state index contributed by atoms with van der Waals surface area (Å²) in [6.45, 7) is 1.57. The van der Waals surface area contributed by atoms with Gasteiger partial charge in [-0.1, -0.05) is 0 Å². The van der Waals surface area contributed by atoms with Crippen LogP contribution in [0, 0.1) is 6.92 Å². The largest absolute Gasteiger partial charge is 0.573 e. The van der Waals surface area contributed by atoms with Crippen molar-refractivity contribution in [3.63, 3.8) is 0 Å². The summed E-state index contributed by atoms with van der Waals surface area (Å²) in [7, 11) is 0. The molecule has 1 heterocycles. The van der Waals surface area contributed by atoms with E-state index >= 15 is 0 Å². The lowest BCUT2D eigenvalue weighted by Gasteiger charge is -2.06. The van der Waals surface area contributed by atoms with Crippen LogP contribution >= 0.6 is 11.3 Å². The molecule has 0 spiro atoms. The highest BCUT2D eigenvalue weighted by Crippen LogP contribution is 2.28. The lowest BCUT2D eigenvalue weighted by molar-refractivity contribution is -0.274. The van der Waals surface area contributed by atoms with Crippen LogP contribution in [0.3, 0.4) is 0 Å². The maximum Gasteiger partial charge on any atom is 0.573 e. The molecular weight excluding hydrogens is 177 g/mol. The minimum absolute atomic E-state index is 0.109. The van der Waals surface area contributed by atoms with Crippen molar-refractivity contribution < 1.29 is 17.9 Å². The standard InChI is InChI=1S/C6H5F3OS/c1-4-2-11-3-5(4)10-6(7,8)9/h2-3H,1H3. The fraction of sp³-hybridized carbons (Fsp3) is 0.333. The molecule has 0 atom stereocenters. The summed E-state index contributed by atoms with van der Waals surface area (Å²) in [6, 6.07) is 0. The SMILES string of the molecule is Cc1cscc1OC(F)(F)F. The second kappa shape index (κ2) is 2.73. The molecule has 0 unspecified atom stereocenters. The van der Waals surface area contributed by atoms with E-state index in [4.69, 9.17) is 0 Å². The minimum Gasteiger partial charge on any atom is -0.405 e. The number of rotatable bonds is 1. The molecule has 1 rings (SSSR count). The van der Waals surface area contributed by atoms with Crippen LogP contribution in [0.5, 0.6) is 5.75 Å². The number of alkyl halides is 3. The Morgan fingerprint density at radius 3 is 2.36 bits per heavy atom. The summed E-state index contributed by atoms with van der Waals surface area (Å²) < 4.78 is 38.4. The summed E-state index contributed by atoms with van der Waals surface area (Å²) in [4.78, 5) is 0. The van der Waals surface area contributed by atoms with Gasteiger partial charge in [-0.3, -0.25) is 0 Å². The van der Waals surface area contributed by atoms with Crippen molar-refractivity contribution in [2.45, 2.75) is 13.3 Å². The van der Waals surface area contributed by atoms with E-state index in [-0.39, 0.29) is 5.75 Å². The molecule has 1 aromatic heterocycles. The Hall–Kier alpha value is -0.710. The van der Waals surface area contributed by atoms with Crippen LogP contribution in [-0.4, -0.2) is 6.36 Å². The molecule has 1 nitrogen and oxygen atoms in total. The van der Waals surface area contributed by atoms with Gasteiger partial charge in [0.1, 0.15) is 5.75 Å². The molecular formula is C6H5F3OS. The van der Waals surface area contributed by atoms with Crippen LogP contribution in [0.15, 0.2) is 10.8 Å². The van der Waals surface area contributed by atoms with Gasteiger partial charge in [0, 0.05) is 10.9 Å². The van der Waals surface area contributed by atoms with Crippen molar-refractivity contribution in [2.75, 3.05) is 0 Å². The van der Waals surface area contributed by atoms with Crippen molar-refractivity contribution in [1.29, 1.82) is 0 Å². The maximum absolute atomic E-state index is 11.6. The van der Waals surface area contributed by atoms with Gasteiger partial charge < -0.3 is 4.74 Å². The van der Waals surface area contributed by atoms with Gasteiger partial charge in [-0.05, 0) is 12.3 Å². The number of ether oxygens (including phenoxy) is 1. The van der Waals surface area contributed by atoms with Crippen LogP contribution in [0.25, 0.3) is 0 Å². The third-order valence-electron chi connectivity index (χ3n) is 1.03. The summed E-state index contributed by atoms with van der Waals surface area (Å²) in [5.41, 5.74) is 0.507. The summed E-state index contributed by atoms with van der Waals surface area (Å²) in [5, 5.41) is 2.92. The van der Waals surface area contributed by atoms with Crippen molar-refractivity contribution in [3.05, 3.63) is 16.3 Å². The summed E-state index contributed by atoms with van der Waals surface area (Å²) in [5.74, 6) is -0.109. The minimum atomic E-state index is -4.58. The van der Waals surface area contributed by atoms with Crippen molar-refractivity contribution in [1.82, 2.24) is 0 Å². The average molecular weight is 182 g/mol. The van der Waals surface area contributed by atoms with Crippen LogP contribution in [0.2, 0.25) is 0 Å². The third kappa shape index (κ3) is 2.42. The highest BCUT2D eigenvalue weighted by atomic mass is 32.1.